The molecule has 0 bridgehead atoms. The summed E-state index contributed by atoms with van der Waals surface area (Å²) < 4.78 is 11.8. The molecule has 2 aromatic carbocycles. The number of methoxy groups -OCH3 is 1. The lowest BCUT2D eigenvalue weighted by Gasteiger charge is -2.11. The van der Waals surface area contributed by atoms with E-state index in [1.807, 2.05) is 13.0 Å². The third-order valence-electron chi connectivity index (χ3n) is 3.10. The predicted molar refractivity (Wildman–Crippen MR) is 108 cm³/mol. The smallest absolute Gasteiger partial charge is 0.271 e. The minimum atomic E-state index is -0.386. The van der Waals surface area contributed by atoms with Gasteiger partial charge in [0.1, 0.15) is 0 Å². The Kier molecular flexibility index (Phi) is 7.34. The Hall–Kier alpha value is -1.51. The van der Waals surface area contributed by atoms with Gasteiger partial charge in [0.15, 0.2) is 11.5 Å². The van der Waals surface area contributed by atoms with Crippen molar-refractivity contribution in [2.75, 3.05) is 13.7 Å². The maximum absolute atomic E-state index is 12.1. The van der Waals surface area contributed by atoms with Crippen LogP contribution in [0.4, 0.5) is 0 Å². The molecule has 0 saturated heterocycles. The van der Waals surface area contributed by atoms with Crippen LogP contribution in [0.15, 0.2) is 35.4 Å². The monoisotopic (exact) mass is 492 g/mol. The van der Waals surface area contributed by atoms with Crippen LogP contribution >= 0.6 is 45.8 Å². The molecule has 2 rings (SSSR count). The highest BCUT2D eigenvalue weighted by Crippen LogP contribution is 2.33. The molecule has 0 fully saturated rings. The van der Waals surface area contributed by atoms with Gasteiger partial charge < -0.3 is 9.47 Å². The normalized spacial score (nSPS) is 10.8. The molecule has 1 N–H and O–H groups in total. The first kappa shape index (κ1) is 19.8. The molecule has 5 nitrogen and oxygen atoms in total. The van der Waals surface area contributed by atoms with Gasteiger partial charge in [-0.15, -0.1) is 0 Å². The number of hydrogen-bond acceptors (Lipinski definition) is 4. The molecule has 25 heavy (non-hydrogen) atoms. The van der Waals surface area contributed by atoms with Gasteiger partial charge in [-0.05, 0) is 65.4 Å². The number of rotatable bonds is 6. The van der Waals surface area contributed by atoms with Crippen molar-refractivity contribution < 1.29 is 14.3 Å². The van der Waals surface area contributed by atoms with Gasteiger partial charge in [0.25, 0.3) is 5.91 Å². The predicted octanol–water partition coefficient (Wildman–Crippen LogP) is 4.77. The molecule has 0 saturated carbocycles. The standard InChI is InChI=1S/C17H15Cl2IN2O3/c1-3-25-15-7-10(6-14(20)16(15)24-2)9-21-22-17(23)11-4-5-12(18)13(19)8-11/h4-9H,3H2,1-2H3,(H,22,23)/b21-9-. The first-order valence-electron chi connectivity index (χ1n) is 7.25. The Morgan fingerprint density at radius 2 is 2.04 bits per heavy atom. The molecule has 0 heterocycles. The van der Waals surface area contributed by atoms with E-state index >= 15 is 0 Å². The number of hydrazone groups is 1. The lowest BCUT2D eigenvalue weighted by atomic mass is 10.2. The van der Waals surface area contributed by atoms with Crippen LogP contribution in [0.25, 0.3) is 0 Å². The highest BCUT2D eigenvalue weighted by molar-refractivity contribution is 14.1. The molecule has 0 spiro atoms. The Labute approximate surface area is 169 Å². The molecule has 0 radical (unpaired) electrons. The quantitative estimate of drug-likeness (QED) is 0.359. The molecule has 8 heteroatoms. The van der Waals surface area contributed by atoms with E-state index in [0.29, 0.717) is 33.7 Å². The van der Waals surface area contributed by atoms with Gasteiger partial charge in [-0.2, -0.15) is 5.10 Å². The zero-order valence-corrected chi connectivity index (χ0v) is 17.1. The summed E-state index contributed by atoms with van der Waals surface area (Å²) in [5.74, 6) is 0.900. The summed E-state index contributed by atoms with van der Waals surface area (Å²) in [5.41, 5.74) is 3.58. The highest BCUT2D eigenvalue weighted by atomic mass is 127. The molecular formula is C17H15Cl2IN2O3. The fourth-order valence-corrected chi connectivity index (χ4v) is 3.13. The van der Waals surface area contributed by atoms with Crippen molar-refractivity contribution >= 4 is 57.9 Å². The van der Waals surface area contributed by atoms with Crippen molar-refractivity contribution in [2.24, 2.45) is 5.10 Å². The topological polar surface area (TPSA) is 59.9 Å². The minimum Gasteiger partial charge on any atom is -0.492 e. The number of halogens is 3. The summed E-state index contributed by atoms with van der Waals surface area (Å²) in [6, 6.07) is 8.28. The van der Waals surface area contributed by atoms with Crippen molar-refractivity contribution in [3.8, 4) is 11.5 Å². The second kappa shape index (κ2) is 9.26. The molecule has 0 aliphatic heterocycles. The van der Waals surface area contributed by atoms with Crippen molar-refractivity contribution in [2.45, 2.75) is 6.92 Å². The first-order valence-corrected chi connectivity index (χ1v) is 9.08. The van der Waals surface area contributed by atoms with Gasteiger partial charge in [0.2, 0.25) is 0 Å². The van der Waals surface area contributed by atoms with Crippen LogP contribution in [0.1, 0.15) is 22.8 Å². The largest absolute Gasteiger partial charge is 0.492 e. The fourth-order valence-electron chi connectivity index (χ4n) is 1.99. The van der Waals surface area contributed by atoms with Crippen LogP contribution in [-0.2, 0) is 0 Å². The van der Waals surface area contributed by atoms with Crippen molar-refractivity contribution in [3.05, 3.63) is 55.1 Å². The van der Waals surface area contributed by atoms with Crippen LogP contribution in [0, 0.1) is 3.57 Å². The number of nitrogens with one attached hydrogen (secondary N) is 1. The van der Waals surface area contributed by atoms with Crippen LogP contribution in [-0.4, -0.2) is 25.8 Å². The van der Waals surface area contributed by atoms with Crippen LogP contribution < -0.4 is 14.9 Å². The number of hydrogen-bond donors (Lipinski definition) is 1. The zero-order chi connectivity index (χ0) is 18.4. The second-order valence-corrected chi connectivity index (χ2v) is 6.77. The average molecular weight is 493 g/mol. The van der Waals surface area contributed by atoms with Crippen LogP contribution in [0.3, 0.4) is 0 Å². The van der Waals surface area contributed by atoms with Gasteiger partial charge in [0, 0.05) is 5.56 Å². The molecule has 1 amide bonds. The van der Waals surface area contributed by atoms with E-state index in [9.17, 15) is 4.79 Å². The summed E-state index contributed by atoms with van der Waals surface area (Å²) in [5, 5.41) is 4.66. The molecule has 0 atom stereocenters. The molecule has 132 valence electrons. The second-order valence-electron chi connectivity index (χ2n) is 4.80. The maximum atomic E-state index is 12.1. The summed E-state index contributed by atoms with van der Waals surface area (Å²) >= 11 is 13.9. The van der Waals surface area contributed by atoms with Gasteiger partial charge in [-0.1, -0.05) is 23.2 Å². The number of benzene rings is 2. The van der Waals surface area contributed by atoms with E-state index in [2.05, 4.69) is 33.1 Å². The van der Waals surface area contributed by atoms with E-state index in [1.54, 1.807) is 25.3 Å². The Morgan fingerprint density at radius 1 is 1.28 bits per heavy atom. The number of carbonyl (C=O) groups excluding carboxylic acids is 1. The summed E-state index contributed by atoms with van der Waals surface area (Å²) in [6.07, 6.45) is 1.53. The lowest BCUT2D eigenvalue weighted by molar-refractivity contribution is 0.0955. The number of amides is 1. The van der Waals surface area contributed by atoms with Gasteiger partial charge in [-0.3, -0.25) is 4.79 Å². The number of carbonyl (C=O) groups is 1. The van der Waals surface area contributed by atoms with Crippen LogP contribution in [0.2, 0.25) is 10.0 Å². The van der Waals surface area contributed by atoms with E-state index in [-0.39, 0.29) is 5.91 Å². The van der Waals surface area contributed by atoms with E-state index in [1.165, 1.54) is 12.3 Å². The summed E-state index contributed by atoms with van der Waals surface area (Å²) in [6.45, 7) is 2.41. The summed E-state index contributed by atoms with van der Waals surface area (Å²) in [7, 11) is 1.59. The van der Waals surface area contributed by atoms with Gasteiger partial charge in [0.05, 0.1) is 33.5 Å². The molecule has 0 unspecified atom stereocenters. The summed E-state index contributed by atoms with van der Waals surface area (Å²) in [4.78, 5) is 12.1. The minimum absolute atomic E-state index is 0.310. The van der Waals surface area contributed by atoms with Crippen LogP contribution in [0.5, 0.6) is 11.5 Å². The zero-order valence-electron chi connectivity index (χ0n) is 13.5. The molecule has 0 aliphatic rings. The maximum Gasteiger partial charge on any atom is 0.271 e. The van der Waals surface area contributed by atoms with E-state index in [0.717, 1.165) is 9.13 Å². The van der Waals surface area contributed by atoms with Crippen molar-refractivity contribution in [1.82, 2.24) is 5.43 Å². The fraction of sp³-hybridized carbons (Fsp3) is 0.176. The third kappa shape index (κ3) is 5.23. The van der Waals surface area contributed by atoms with E-state index in [4.69, 9.17) is 32.7 Å². The number of ether oxygens (including phenoxy) is 2. The third-order valence-corrected chi connectivity index (χ3v) is 4.64. The molecular weight excluding hydrogens is 478 g/mol. The van der Waals surface area contributed by atoms with Crippen molar-refractivity contribution in [1.29, 1.82) is 0 Å². The average Bonchev–Trinajstić information content (AvgIpc) is 2.57. The Balaban J connectivity index is 2.13. The SMILES string of the molecule is CCOc1cc(/C=N\NC(=O)c2ccc(Cl)c(Cl)c2)cc(I)c1OC. The molecule has 2 aromatic rings. The van der Waals surface area contributed by atoms with Crippen molar-refractivity contribution in [3.63, 3.8) is 0 Å². The molecule has 0 aromatic heterocycles. The van der Waals surface area contributed by atoms with E-state index < -0.39 is 0 Å². The molecule has 0 aliphatic carbocycles. The Morgan fingerprint density at radius 3 is 2.68 bits per heavy atom. The van der Waals surface area contributed by atoms with Gasteiger partial charge in [-0.25, -0.2) is 5.43 Å². The Bertz CT molecular complexity index is 813. The highest BCUT2D eigenvalue weighted by Gasteiger charge is 2.11. The van der Waals surface area contributed by atoms with Gasteiger partial charge >= 0.3 is 0 Å². The first-order chi connectivity index (χ1) is 12.0. The lowest BCUT2D eigenvalue weighted by Crippen LogP contribution is -2.17. The number of nitrogens with zero attached hydrogens (tertiary/aromatic N) is 1.